The van der Waals surface area contributed by atoms with Crippen molar-refractivity contribution in [3.05, 3.63) is 83.4 Å². The smallest absolute Gasteiger partial charge is 0.330 e. The first-order chi connectivity index (χ1) is 20.1. The Morgan fingerprint density at radius 1 is 0.905 bits per heavy atom. The van der Waals surface area contributed by atoms with Gasteiger partial charge in [-0.25, -0.2) is 4.79 Å². The number of benzene rings is 3. The van der Waals surface area contributed by atoms with Gasteiger partial charge in [0.15, 0.2) is 5.78 Å². The van der Waals surface area contributed by atoms with Crippen molar-refractivity contribution in [2.24, 2.45) is 0 Å². The molecule has 220 valence electrons. The summed E-state index contributed by atoms with van der Waals surface area (Å²) in [7, 11) is 0. The second-order valence-electron chi connectivity index (χ2n) is 9.83. The highest BCUT2D eigenvalue weighted by Gasteiger charge is 2.45. The Bertz CT molecular complexity index is 1470. The predicted octanol–water partition coefficient (Wildman–Crippen LogP) is 1.95. The van der Waals surface area contributed by atoms with E-state index in [1.165, 1.54) is 36.4 Å². The molecule has 42 heavy (non-hydrogen) atoms. The summed E-state index contributed by atoms with van der Waals surface area (Å²) in [5, 5.41) is 60.2. The summed E-state index contributed by atoms with van der Waals surface area (Å²) in [6.45, 7) is -0.442. The molecule has 0 aliphatic carbocycles. The third-order valence-electron chi connectivity index (χ3n) is 6.85. The van der Waals surface area contributed by atoms with Gasteiger partial charge in [-0.05, 0) is 41.5 Å². The zero-order chi connectivity index (χ0) is 30.0. The molecule has 2 aliphatic rings. The molecule has 1 saturated heterocycles. The van der Waals surface area contributed by atoms with E-state index >= 15 is 0 Å². The van der Waals surface area contributed by atoms with E-state index < -0.39 is 49.4 Å². The molecule has 0 unspecified atom stereocenters. The van der Waals surface area contributed by atoms with E-state index in [0.717, 1.165) is 12.1 Å². The Hall–Kier alpha value is -4.62. The second-order valence-corrected chi connectivity index (χ2v) is 9.83. The molecule has 12 heteroatoms. The molecule has 0 aromatic heterocycles. The number of aromatic hydroxyl groups is 3. The van der Waals surface area contributed by atoms with Gasteiger partial charge in [-0.15, -0.1) is 0 Å². The molecule has 0 bridgehead atoms. The van der Waals surface area contributed by atoms with Crippen LogP contribution in [0.1, 0.15) is 34.0 Å². The Morgan fingerprint density at radius 2 is 1.62 bits per heavy atom. The van der Waals surface area contributed by atoms with Gasteiger partial charge in [0.2, 0.25) is 6.29 Å². The zero-order valence-corrected chi connectivity index (χ0v) is 21.9. The topological polar surface area (TPSA) is 192 Å². The number of fused-ring (bicyclic) bond motifs is 1. The lowest BCUT2D eigenvalue weighted by Crippen LogP contribution is -2.60. The second kappa shape index (κ2) is 12.1. The van der Waals surface area contributed by atoms with E-state index in [1.54, 1.807) is 24.3 Å². The molecule has 5 rings (SSSR count). The lowest BCUT2D eigenvalue weighted by atomic mass is 9.95. The van der Waals surface area contributed by atoms with Crippen molar-refractivity contribution < 1.29 is 59.2 Å². The van der Waals surface area contributed by atoms with E-state index in [2.05, 4.69) is 0 Å². The fourth-order valence-electron chi connectivity index (χ4n) is 4.62. The van der Waals surface area contributed by atoms with Crippen LogP contribution in [0.4, 0.5) is 0 Å². The number of phenols is 3. The number of hydrogen-bond donors (Lipinski definition) is 6. The van der Waals surface area contributed by atoms with Crippen LogP contribution in [0, 0.1) is 0 Å². The third kappa shape index (κ3) is 6.31. The minimum absolute atomic E-state index is 0.00165. The summed E-state index contributed by atoms with van der Waals surface area (Å²) in [6, 6.07) is 14.7. The molecule has 0 spiro atoms. The first kappa shape index (κ1) is 28.9. The van der Waals surface area contributed by atoms with Gasteiger partial charge in [-0.2, -0.15) is 0 Å². The summed E-state index contributed by atoms with van der Waals surface area (Å²) in [5.41, 5.74) is 1.23. The first-order valence-electron chi connectivity index (χ1n) is 12.9. The molecule has 0 radical (unpaired) electrons. The largest absolute Gasteiger partial charge is 0.508 e. The van der Waals surface area contributed by atoms with Gasteiger partial charge < -0.3 is 49.6 Å². The van der Waals surface area contributed by atoms with E-state index in [4.69, 9.17) is 18.9 Å². The summed E-state index contributed by atoms with van der Waals surface area (Å²) < 4.78 is 22.3. The van der Waals surface area contributed by atoms with E-state index in [-0.39, 0.29) is 46.5 Å². The van der Waals surface area contributed by atoms with Gasteiger partial charge in [0.05, 0.1) is 6.42 Å². The van der Waals surface area contributed by atoms with Crippen molar-refractivity contribution in [3.8, 4) is 28.7 Å². The van der Waals surface area contributed by atoms with Crippen LogP contribution < -0.4 is 9.47 Å². The molecule has 6 N–H and O–H groups in total. The summed E-state index contributed by atoms with van der Waals surface area (Å²) >= 11 is 0. The highest BCUT2D eigenvalue weighted by molar-refractivity contribution is 6.02. The SMILES string of the molecule is O=C(C=Cc1ccc(O)cc1)OC[C@H]1O[C@@H](Oc2ccc([C@@H]3CC(=O)c4c(O)cc(O)cc4O3)cc2)[C@H](O)[C@@H](O)[C@@H]1O. The van der Waals surface area contributed by atoms with Gasteiger partial charge in [0.1, 0.15) is 71.4 Å². The Kier molecular flexibility index (Phi) is 8.31. The number of carbonyl (C=O) groups is 2. The van der Waals surface area contributed by atoms with Crippen LogP contribution in [0.25, 0.3) is 6.08 Å². The summed E-state index contributed by atoms with van der Waals surface area (Å²) in [4.78, 5) is 24.7. The number of aliphatic hydroxyl groups excluding tert-OH is 3. The maximum absolute atomic E-state index is 12.6. The van der Waals surface area contributed by atoms with Crippen molar-refractivity contribution >= 4 is 17.8 Å². The standard InChI is InChI=1S/C30H28O12/c31-17-6-1-15(2-7-17)3-10-25(35)39-14-24-27(36)28(37)29(38)30(42-24)40-19-8-4-16(5-9-19)22-13-21(34)26-20(33)11-18(32)12-23(26)41-22/h1-12,22,24,27-33,36-38H,13-14H2/t22-,24+,27+,28-,29+,30+/m0/s1. The highest BCUT2D eigenvalue weighted by Crippen LogP contribution is 2.41. The van der Waals surface area contributed by atoms with Crippen LogP contribution in [-0.4, -0.2) is 79.7 Å². The summed E-state index contributed by atoms with van der Waals surface area (Å²) in [6.07, 6.45) is -5.63. The minimum atomic E-state index is -1.66. The van der Waals surface area contributed by atoms with Gasteiger partial charge in [-0.1, -0.05) is 24.3 Å². The number of phenolic OH excluding ortho intramolecular Hbond substituents is 3. The van der Waals surface area contributed by atoms with E-state index in [0.29, 0.717) is 11.1 Å². The molecule has 1 fully saturated rings. The first-order valence-corrected chi connectivity index (χ1v) is 12.9. The minimum Gasteiger partial charge on any atom is -0.508 e. The van der Waals surface area contributed by atoms with Gasteiger partial charge in [-0.3, -0.25) is 4.79 Å². The lowest BCUT2D eigenvalue weighted by molar-refractivity contribution is -0.278. The molecule has 3 aromatic rings. The molecule has 2 heterocycles. The van der Waals surface area contributed by atoms with Crippen LogP contribution in [0.15, 0.2) is 66.7 Å². The Morgan fingerprint density at radius 3 is 2.33 bits per heavy atom. The maximum Gasteiger partial charge on any atom is 0.330 e. The van der Waals surface area contributed by atoms with Gasteiger partial charge in [0.25, 0.3) is 0 Å². The van der Waals surface area contributed by atoms with Crippen molar-refractivity contribution in [3.63, 3.8) is 0 Å². The van der Waals surface area contributed by atoms with Crippen LogP contribution in [0.5, 0.6) is 28.7 Å². The molecule has 0 saturated carbocycles. The lowest BCUT2D eigenvalue weighted by Gasteiger charge is -2.39. The number of carbonyl (C=O) groups excluding carboxylic acids is 2. The zero-order valence-electron chi connectivity index (χ0n) is 21.9. The summed E-state index contributed by atoms with van der Waals surface area (Å²) in [5.74, 6) is -1.36. The highest BCUT2D eigenvalue weighted by atomic mass is 16.7. The van der Waals surface area contributed by atoms with Crippen LogP contribution >= 0.6 is 0 Å². The van der Waals surface area contributed by atoms with Gasteiger partial charge >= 0.3 is 5.97 Å². The number of ether oxygens (including phenoxy) is 4. The average molecular weight is 581 g/mol. The van der Waals surface area contributed by atoms with Gasteiger partial charge in [0, 0.05) is 18.2 Å². The molecule has 2 aliphatic heterocycles. The van der Waals surface area contributed by atoms with Crippen LogP contribution in [0.2, 0.25) is 0 Å². The normalized spacial score (nSPS) is 25.5. The third-order valence-corrected chi connectivity index (χ3v) is 6.85. The average Bonchev–Trinajstić information content (AvgIpc) is 2.96. The molecular formula is C30H28O12. The van der Waals surface area contributed by atoms with Crippen molar-refractivity contribution in [2.75, 3.05) is 6.61 Å². The van der Waals surface area contributed by atoms with Crippen molar-refractivity contribution in [1.29, 1.82) is 0 Å². The van der Waals surface area contributed by atoms with Crippen molar-refractivity contribution in [2.45, 2.75) is 43.2 Å². The maximum atomic E-state index is 12.6. The Balaban J connectivity index is 1.20. The number of esters is 1. The van der Waals surface area contributed by atoms with E-state index in [9.17, 15) is 40.2 Å². The fraction of sp³-hybridized carbons (Fsp3) is 0.267. The molecule has 12 nitrogen and oxygen atoms in total. The number of ketones is 1. The molecule has 6 atom stereocenters. The predicted molar refractivity (Wildman–Crippen MR) is 144 cm³/mol. The van der Waals surface area contributed by atoms with Crippen LogP contribution in [-0.2, 0) is 14.3 Å². The molecule has 0 amide bonds. The Labute approximate surface area is 239 Å². The molecular weight excluding hydrogens is 552 g/mol. The number of rotatable bonds is 7. The van der Waals surface area contributed by atoms with E-state index in [1.807, 2.05) is 0 Å². The number of Topliss-reactive ketones (excluding diaryl/α,β-unsaturated/α-hetero) is 1. The number of aliphatic hydroxyl groups is 3. The quantitative estimate of drug-likeness (QED) is 0.176. The molecule has 3 aromatic carbocycles. The van der Waals surface area contributed by atoms with Crippen LogP contribution in [0.3, 0.4) is 0 Å². The van der Waals surface area contributed by atoms with Crippen molar-refractivity contribution in [1.82, 2.24) is 0 Å². The number of hydrogen-bond acceptors (Lipinski definition) is 12. The fourth-order valence-corrected chi connectivity index (χ4v) is 4.62. The monoisotopic (exact) mass is 580 g/mol.